The quantitative estimate of drug-likeness (QED) is 0.750. The SMILES string of the molecule is CC(NS(=O)(=O)CCCCN)c1ccc(Br)cc1. The molecule has 1 rings (SSSR count). The lowest BCUT2D eigenvalue weighted by Crippen LogP contribution is -2.29. The summed E-state index contributed by atoms with van der Waals surface area (Å²) in [6.45, 7) is 2.36. The third kappa shape index (κ3) is 5.48. The zero-order valence-corrected chi connectivity index (χ0v) is 12.8. The van der Waals surface area contributed by atoms with Gasteiger partial charge in [0.05, 0.1) is 5.75 Å². The van der Waals surface area contributed by atoms with Crippen LogP contribution in [0.3, 0.4) is 0 Å². The average molecular weight is 335 g/mol. The highest BCUT2D eigenvalue weighted by Crippen LogP contribution is 2.17. The second kappa shape index (κ2) is 7.23. The van der Waals surface area contributed by atoms with Gasteiger partial charge in [0, 0.05) is 10.5 Å². The van der Waals surface area contributed by atoms with Gasteiger partial charge in [-0.1, -0.05) is 28.1 Å². The highest BCUT2D eigenvalue weighted by Gasteiger charge is 2.15. The summed E-state index contributed by atoms with van der Waals surface area (Å²) >= 11 is 3.35. The van der Waals surface area contributed by atoms with Crippen LogP contribution in [0.25, 0.3) is 0 Å². The smallest absolute Gasteiger partial charge is 0.212 e. The number of unbranched alkanes of at least 4 members (excludes halogenated alkanes) is 1. The van der Waals surface area contributed by atoms with Gasteiger partial charge in [-0.05, 0) is 44.0 Å². The molecule has 0 saturated carbocycles. The molecule has 4 nitrogen and oxygen atoms in total. The molecule has 1 unspecified atom stereocenters. The predicted molar refractivity (Wildman–Crippen MR) is 77.8 cm³/mol. The van der Waals surface area contributed by atoms with Crippen LogP contribution in [-0.2, 0) is 10.0 Å². The van der Waals surface area contributed by atoms with E-state index in [4.69, 9.17) is 5.73 Å². The molecule has 18 heavy (non-hydrogen) atoms. The van der Waals surface area contributed by atoms with Gasteiger partial charge in [0.1, 0.15) is 0 Å². The van der Waals surface area contributed by atoms with Crippen molar-refractivity contribution in [3.8, 4) is 0 Å². The molecule has 0 saturated heterocycles. The number of benzene rings is 1. The van der Waals surface area contributed by atoms with Crippen molar-refractivity contribution in [1.29, 1.82) is 0 Å². The van der Waals surface area contributed by atoms with Crippen molar-refractivity contribution in [2.24, 2.45) is 5.73 Å². The zero-order valence-electron chi connectivity index (χ0n) is 10.4. The first-order valence-electron chi connectivity index (χ1n) is 5.90. The molecule has 0 aliphatic heterocycles. The lowest BCUT2D eigenvalue weighted by atomic mass is 10.1. The van der Waals surface area contributed by atoms with E-state index in [9.17, 15) is 8.42 Å². The minimum atomic E-state index is -3.23. The van der Waals surface area contributed by atoms with Crippen molar-refractivity contribution in [2.75, 3.05) is 12.3 Å². The Morgan fingerprint density at radius 1 is 1.28 bits per heavy atom. The highest BCUT2D eigenvalue weighted by molar-refractivity contribution is 9.10. The van der Waals surface area contributed by atoms with Gasteiger partial charge < -0.3 is 5.73 Å². The predicted octanol–water partition coefficient (Wildman–Crippen LogP) is 2.17. The normalized spacial score (nSPS) is 13.5. The monoisotopic (exact) mass is 334 g/mol. The van der Waals surface area contributed by atoms with Gasteiger partial charge in [-0.3, -0.25) is 0 Å². The number of nitrogens with two attached hydrogens (primary N) is 1. The maximum absolute atomic E-state index is 11.8. The van der Waals surface area contributed by atoms with Gasteiger partial charge in [-0.2, -0.15) is 0 Å². The number of rotatable bonds is 7. The van der Waals surface area contributed by atoms with Gasteiger partial charge in [0.25, 0.3) is 0 Å². The topological polar surface area (TPSA) is 72.2 Å². The molecule has 0 aromatic heterocycles. The van der Waals surface area contributed by atoms with Crippen LogP contribution < -0.4 is 10.5 Å². The molecule has 6 heteroatoms. The number of hydrogen-bond donors (Lipinski definition) is 2. The third-order valence-electron chi connectivity index (χ3n) is 2.59. The Labute approximate surface area is 117 Å². The molecule has 1 atom stereocenters. The van der Waals surface area contributed by atoms with Crippen LogP contribution in [0, 0.1) is 0 Å². The van der Waals surface area contributed by atoms with Gasteiger partial charge in [-0.15, -0.1) is 0 Å². The lowest BCUT2D eigenvalue weighted by Gasteiger charge is -2.14. The first-order valence-corrected chi connectivity index (χ1v) is 8.34. The Kier molecular flexibility index (Phi) is 6.28. The standard InChI is InChI=1S/C12H19BrN2O2S/c1-10(11-4-6-12(13)7-5-11)15-18(16,17)9-3-2-8-14/h4-7,10,15H,2-3,8-9,14H2,1H3. The average Bonchev–Trinajstić information content (AvgIpc) is 2.29. The fraction of sp³-hybridized carbons (Fsp3) is 0.500. The maximum Gasteiger partial charge on any atom is 0.212 e. The first kappa shape index (κ1) is 15.6. The Bertz CT molecular complexity index is 459. The molecule has 102 valence electrons. The Hall–Kier alpha value is -0.430. The molecule has 0 spiro atoms. The van der Waals surface area contributed by atoms with Crippen molar-refractivity contribution < 1.29 is 8.42 Å². The van der Waals surface area contributed by atoms with Crippen LogP contribution in [0.15, 0.2) is 28.7 Å². The zero-order chi connectivity index (χ0) is 13.6. The summed E-state index contributed by atoms with van der Waals surface area (Å²) in [7, 11) is -3.23. The third-order valence-corrected chi connectivity index (χ3v) is 4.66. The molecule has 0 aliphatic rings. The second-order valence-corrected chi connectivity index (χ2v) is 6.99. The molecular formula is C12H19BrN2O2S. The van der Waals surface area contributed by atoms with Crippen molar-refractivity contribution in [3.63, 3.8) is 0 Å². The summed E-state index contributed by atoms with van der Waals surface area (Å²) in [6, 6.07) is 7.37. The van der Waals surface area contributed by atoms with E-state index in [1.165, 1.54) is 0 Å². The van der Waals surface area contributed by atoms with Crippen LogP contribution in [-0.4, -0.2) is 20.7 Å². The van der Waals surface area contributed by atoms with Gasteiger partial charge in [-0.25, -0.2) is 13.1 Å². The number of sulfonamides is 1. The van der Waals surface area contributed by atoms with E-state index in [0.29, 0.717) is 13.0 Å². The van der Waals surface area contributed by atoms with E-state index in [1.807, 2.05) is 31.2 Å². The van der Waals surface area contributed by atoms with Crippen LogP contribution in [0.2, 0.25) is 0 Å². The minimum Gasteiger partial charge on any atom is -0.330 e. The van der Waals surface area contributed by atoms with Crippen molar-refractivity contribution >= 4 is 26.0 Å². The molecular weight excluding hydrogens is 316 g/mol. The minimum absolute atomic E-state index is 0.130. The fourth-order valence-electron chi connectivity index (χ4n) is 1.58. The molecule has 1 aromatic carbocycles. The maximum atomic E-state index is 11.8. The molecule has 0 aliphatic carbocycles. The molecule has 3 N–H and O–H groups in total. The van der Waals surface area contributed by atoms with Gasteiger partial charge >= 0.3 is 0 Å². The van der Waals surface area contributed by atoms with Crippen LogP contribution in [0.5, 0.6) is 0 Å². The Morgan fingerprint density at radius 2 is 1.89 bits per heavy atom. The first-order chi connectivity index (χ1) is 8.44. The number of halogens is 1. The van der Waals surface area contributed by atoms with Crippen LogP contribution in [0.1, 0.15) is 31.4 Å². The molecule has 0 fully saturated rings. The summed E-state index contributed by atoms with van der Waals surface area (Å²) < 4.78 is 27.2. The van der Waals surface area contributed by atoms with E-state index in [2.05, 4.69) is 20.7 Å². The Balaban J connectivity index is 2.58. The summed E-state index contributed by atoms with van der Waals surface area (Å²) in [5.74, 6) is 0.130. The van der Waals surface area contributed by atoms with E-state index < -0.39 is 10.0 Å². The highest BCUT2D eigenvalue weighted by atomic mass is 79.9. The van der Waals surface area contributed by atoms with Crippen molar-refractivity contribution in [2.45, 2.75) is 25.8 Å². The second-order valence-electron chi connectivity index (χ2n) is 4.21. The van der Waals surface area contributed by atoms with E-state index >= 15 is 0 Å². The Morgan fingerprint density at radius 3 is 2.44 bits per heavy atom. The van der Waals surface area contributed by atoms with Crippen molar-refractivity contribution in [1.82, 2.24) is 4.72 Å². The van der Waals surface area contributed by atoms with E-state index in [0.717, 1.165) is 16.5 Å². The van der Waals surface area contributed by atoms with Crippen LogP contribution in [0.4, 0.5) is 0 Å². The summed E-state index contributed by atoms with van der Waals surface area (Å²) in [4.78, 5) is 0. The van der Waals surface area contributed by atoms with E-state index in [1.54, 1.807) is 0 Å². The summed E-state index contributed by atoms with van der Waals surface area (Å²) in [6.07, 6.45) is 1.33. The molecule has 1 aromatic rings. The molecule has 0 heterocycles. The van der Waals surface area contributed by atoms with E-state index in [-0.39, 0.29) is 11.8 Å². The number of nitrogens with one attached hydrogen (secondary N) is 1. The molecule has 0 bridgehead atoms. The van der Waals surface area contributed by atoms with Gasteiger partial charge in [0.2, 0.25) is 10.0 Å². The van der Waals surface area contributed by atoms with Gasteiger partial charge in [0.15, 0.2) is 0 Å². The largest absolute Gasteiger partial charge is 0.330 e. The van der Waals surface area contributed by atoms with Crippen LogP contribution >= 0.6 is 15.9 Å². The lowest BCUT2D eigenvalue weighted by molar-refractivity contribution is 0.563. The van der Waals surface area contributed by atoms with Crippen molar-refractivity contribution in [3.05, 3.63) is 34.3 Å². The fourth-order valence-corrected chi connectivity index (χ4v) is 3.23. The molecule has 0 amide bonds. The molecule has 0 radical (unpaired) electrons. The summed E-state index contributed by atoms with van der Waals surface area (Å²) in [5.41, 5.74) is 6.29. The number of hydrogen-bond acceptors (Lipinski definition) is 3. The summed E-state index contributed by atoms with van der Waals surface area (Å²) in [5, 5.41) is 0.